The second kappa shape index (κ2) is 8.79. The summed E-state index contributed by atoms with van der Waals surface area (Å²) in [5.41, 5.74) is 2.45. The molecule has 0 aromatic heterocycles. The number of ether oxygens (including phenoxy) is 2. The molecule has 0 saturated heterocycles. The first kappa shape index (κ1) is 16.8. The molecule has 1 aliphatic heterocycles. The topological polar surface area (TPSA) is 96.9 Å². The number of nitrogens with one attached hydrogen (secondary N) is 2. The Morgan fingerprint density at radius 2 is 2.00 bits per heavy atom. The number of fused-ring (bicyclic) bond motifs is 1. The maximum absolute atomic E-state index is 11.7. The van der Waals surface area contributed by atoms with Crippen molar-refractivity contribution in [2.75, 3.05) is 13.3 Å². The molecule has 0 fully saturated rings. The molecular weight excluding hydrogens is 300 g/mol. The van der Waals surface area contributed by atoms with Crippen LogP contribution in [0.15, 0.2) is 24.3 Å². The molecule has 2 amide bonds. The van der Waals surface area contributed by atoms with Crippen molar-refractivity contribution in [1.82, 2.24) is 10.8 Å². The van der Waals surface area contributed by atoms with Crippen molar-refractivity contribution in [2.24, 2.45) is 0 Å². The third-order valence-electron chi connectivity index (χ3n) is 3.33. The van der Waals surface area contributed by atoms with Gasteiger partial charge in [0, 0.05) is 19.0 Å². The highest BCUT2D eigenvalue weighted by Crippen LogP contribution is 2.32. The third-order valence-corrected chi connectivity index (χ3v) is 3.33. The quantitative estimate of drug-likeness (QED) is 0.293. The second-order valence-electron chi connectivity index (χ2n) is 5.08. The summed E-state index contributed by atoms with van der Waals surface area (Å²) < 4.78 is 10.5. The zero-order valence-electron chi connectivity index (χ0n) is 12.7. The first-order chi connectivity index (χ1) is 11.2. The summed E-state index contributed by atoms with van der Waals surface area (Å²) in [6.45, 7) is 0.772. The van der Waals surface area contributed by atoms with E-state index in [4.69, 9.17) is 14.7 Å². The van der Waals surface area contributed by atoms with E-state index in [1.54, 1.807) is 11.6 Å². The molecule has 1 aromatic rings. The normalized spacial score (nSPS) is 12.4. The van der Waals surface area contributed by atoms with Crippen molar-refractivity contribution in [1.29, 1.82) is 0 Å². The summed E-state index contributed by atoms with van der Waals surface area (Å²) >= 11 is 0. The van der Waals surface area contributed by atoms with Gasteiger partial charge >= 0.3 is 0 Å². The fourth-order valence-electron chi connectivity index (χ4n) is 2.10. The van der Waals surface area contributed by atoms with Crippen molar-refractivity contribution in [2.45, 2.75) is 25.7 Å². The zero-order valence-corrected chi connectivity index (χ0v) is 12.7. The lowest BCUT2D eigenvalue weighted by Crippen LogP contribution is -2.22. The summed E-state index contributed by atoms with van der Waals surface area (Å²) in [6.07, 6.45) is 5.73. The number of hydroxylamine groups is 1. The van der Waals surface area contributed by atoms with E-state index in [9.17, 15) is 9.59 Å². The largest absolute Gasteiger partial charge is 0.454 e. The molecule has 23 heavy (non-hydrogen) atoms. The molecule has 0 saturated carbocycles. The smallest absolute Gasteiger partial charge is 0.243 e. The highest BCUT2D eigenvalue weighted by atomic mass is 16.7. The van der Waals surface area contributed by atoms with Gasteiger partial charge in [-0.15, -0.1) is 0 Å². The van der Waals surface area contributed by atoms with Crippen LogP contribution in [0.1, 0.15) is 31.2 Å². The third kappa shape index (κ3) is 5.63. The van der Waals surface area contributed by atoms with E-state index < -0.39 is 0 Å². The van der Waals surface area contributed by atoms with Gasteiger partial charge in [-0.25, -0.2) is 5.48 Å². The van der Waals surface area contributed by atoms with E-state index in [2.05, 4.69) is 5.32 Å². The zero-order chi connectivity index (χ0) is 16.5. The molecular formula is C16H20N2O5. The number of benzene rings is 1. The minimum absolute atomic E-state index is 0.171. The van der Waals surface area contributed by atoms with Crippen molar-refractivity contribution in [3.63, 3.8) is 0 Å². The summed E-state index contributed by atoms with van der Waals surface area (Å²) in [5, 5.41) is 11.1. The Bertz CT molecular complexity index is 586. The molecule has 7 nitrogen and oxygen atoms in total. The van der Waals surface area contributed by atoms with Crippen LogP contribution in [0.5, 0.6) is 11.5 Å². The first-order valence-electron chi connectivity index (χ1n) is 7.47. The lowest BCUT2D eigenvalue weighted by atomic mass is 10.2. The Labute approximate surface area is 134 Å². The number of hydrogen-bond donors (Lipinski definition) is 3. The van der Waals surface area contributed by atoms with Crippen LogP contribution in [0.3, 0.4) is 0 Å². The molecule has 3 N–H and O–H groups in total. The summed E-state index contributed by atoms with van der Waals surface area (Å²) in [6, 6.07) is 5.48. The van der Waals surface area contributed by atoms with Gasteiger partial charge in [0.1, 0.15) is 0 Å². The Morgan fingerprint density at radius 3 is 2.83 bits per heavy atom. The summed E-state index contributed by atoms with van der Waals surface area (Å²) in [7, 11) is 0. The van der Waals surface area contributed by atoms with Gasteiger partial charge in [-0.1, -0.05) is 12.5 Å². The maximum atomic E-state index is 11.7. The van der Waals surface area contributed by atoms with Gasteiger partial charge in [0.15, 0.2) is 11.5 Å². The molecule has 124 valence electrons. The van der Waals surface area contributed by atoms with Gasteiger partial charge in [-0.3, -0.25) is 14.8 Å². The summed E-state index contributed by atoms with van der Waals surface area (Å²) in [4.78, 5) is 22.5. The SMILES string of the molecule is O=C(C=Cc1ccc2c(c1)OCO2)NCCCCCC(=O)NO. The molecule has 7 heteroatoms. The van der Waals surface area contributed by atoms with Crippen LogP contribution in [0, 0.1) is 0 Å². The van der Waals surface area contributed by atoms with Gasteiger partial charge in [0.2, 0.25) is 18.6 Å². The number of rotatable bonds is 8. The van der Waals surface area contributed by atoms with Gasteiger partial charge in [-0.2, -0.15) is 0 Å². The lowest BCUT2D eigenvalue weighted by Gasteiger charge is -2.02. The van der Waals surface area contributed by atoms with Crippen LogP contribution >= 0.6 is 0 Å². The first-order valence-corrected chi connectivity index (χ1v) is 7.47. The predicted molar refractivity (Wildman–Crippen MR) is 83.0 cm³/mol. The fraction of sp³-hybridized carbons (Fsp3) is 0.375. The molecule has 0 unspecified atom stereocenters. The van der Waals surface area contributed by atoms with Crippen LogP contribution in [-0.2, 0) is 9.59 Å². The van der Waals surface area contributed by atoms with E-state index in [0.29, 0.717) is 24.5 Å². The number of amides is 2. The number of carbonyl (C=O) groups is 2. The Morgan fingerprint density at radius 1 is 1.17 bits per heavy atom. The number of hydrogen-bond acceptors (Lipinski definition) is 5. The van der Waals surface area contributed by atoms with Crippen LogP contribution in [0.2, 0.25) is 0 Å². The van der Waals surface area contributed by atoms with Gasteiger partial charge in [0.25, 0.3) is 0 Å². The average molecular weight is 320 g/mol. The van der Waals surface area contributed by atoms with Crippen LogP contribution in [0.4, 0.5) is 0 Å². The molecule has 0 aliphatic carbocycles. The molecule has 1 heterocycles. The Kier molecular flexibility index (Phi) is 6.43. The minimum atomic E-state index is -0.388. The molecule has 0 bridgehead atoms. The maximum Gasteiger partial charge on any atom is 0.243 e. The number of unbranched alkanes of at least 4 members (excludes halogenated alkanes) is 2. The van der Waals surface area contributed by atoms with Crippen LogP contribution in [0.25, 0.3) is 6.08 Å². The molecule has 1 aliphatic rings. The average Bonchev–Trinajstić information content (AvgIpc) is 3.03. The van der Waals surface area contributed by atoms with Crippen molar-refractivity contribution in [3.05, 3.63) is 29.8 Å². The van der Waals surface area contributed by atoms with Crippen molar-refractivity contribution in [3.8, 4) is 11.5 Å². The minimum Gasteiger partial charge on any atom is -0.454 e. The van der Waals surface area contributed by atoms with E-state index in [1.165, 1.54) is 6.08 Å². The van der Waals surface area contributed by atoms with Crippen LogP contribution in [-0.4, -0.2) is 30.4 Å². The summed E-state index contributed by atoms with van der Waals surface area (Å²) in [5.74, 6) is 0.831. The monoisotopic (exact) mass is 320 g/mol. The van der Waals surface area contributed by atoms with E-state index >= 15 is 0 Å². The van der Waals surface area contributed by atoms with Crippen molar-refractivity contribution < 1.29 is 24.3 Å². The highest BCUT2D eigenvalue weighted by Gasteiger charge is 2.12. The van der Waals surface area contributed by atoms with Crippen LogP contribution < -0.4 is 20.3 Å². The highest BCUT2D eigenvalue weighted by molar-refractivity contribution is 5.91. The molecule has 0 atom stereocenters. The van der Waals surface area contributed by atoms with E-state index in [-0.39, 0.29) is 25.0 Å². The number of carbonyl (C=O) groups excluding carboxylic acids is 2. The Hall–Kier alpha value is -2.54. The molecule has 2 rings (SSSR count). The predicted octanol–water partition coefficient (Wildman–Crippen LogP) is 1.61. The van der Waals surface area contributed by atoms with E-state index in [0.717, 1.165) is 18.4 Å². The van der Waals surface area contributed by atoms with Gasteiger partial charge < -0.3 is 14.8 Å². The fourth-order valence-corrected chi connectivity index (χ4v) is 2.10. The molecule has 1 aromatic carbocycles. The Balaban J connectivity index is 1.64. The second-order valence-corrected chi connectivity index (χ2v) is 5.08. The standard InChI is InChI=1S/C16H20N2O5/c19-15(17-9-3-1-2-4-16(20)18-21)8-6-12-5-7-13-14(10-12)23-11-22-13/h5-8,10,21H,1-4,9,11H2,(H,17,19)(H,18,20). The van der Waals surface area contributed by atoms with Crippen molar-refractivity contribution >= 4 is 17.9 Å². The molecule has 0 spiro atoms. The van der Waals surface area contributed by atoms with E-state index in [1.807, 2.05) is 18.2 Å². The van der Waals surface area contributed by atoms with Gasteiger partial charge in [-0.05, 0) is 36.6 Å². The van der Waals surface area contributed by atoms with Gasteiger partial charge in [0.05, 0.1) is 0 Å². The lowest BCUT2D eigenvalue weighted by molar-refractivity contribution is -0.129. The molecule has 0 radical (unpaired) electrons.